The van der Waals surface area contributed by atoms with Gasteiger partial charge >= 0.3 is 0 Å². The zero-order chi connectivity index (χ0) is 20.8. The van der Waals surface area contributed by atoms with Crippen LogP contribution in [0.25, 0.3) is 11.4 Å². The molecule has 0 aliphatic heterocycles. The van der Waals surface area contributed by atoms with E-state index in [-0.39, 0.29) is 11.7 Å². The smallest absolute Gasteiger partial charge is 0.234 e. The first-order valence-electron chi connectivity index (χ1n) is 9.01. The Morgan fingerprint density at radius 3 is 2.69 bits per heavy atom. The number of thioether (sulfide) groups is 1. The van der Waals surface area contributed by atoms with E-state index in [9.17, 15) is 4.79 Å². The van der Waals surface area contributed by atoms with Gasteiger partial charge in [-0.1, -0.05) is 29.4 Å². The fraction of sp³-hybridized carbons (Fsp3) is 0.300. The topological polar surface area (TPSA) is 81.9 Å². The quantitative estimate of drug-likeness (QED) is 0.543. The van der Waals surface area contributed by atoms with Crippen molar-refractivity contribution in [3.8, 4) is 11.4 Å². The third-order valence-corrected chi connectivity index (χ3v) is 5.47. The molecule has 7 nitrogen and oxygen atoms in total. The molecule has 2 heterocycles. The van der Waals surface area contributed by atoms with Crippen molar-refractivity contribution in [3.05, 3.63) is 52.8 Å². The standard InChI is InChI=1S/C20H22ClN5O2S/c1-13-10-14(2)18(16(21)11-13)23-17(27)12-29-20-25-24-19(26(20)8-9-28-3)15-4-6-22-7-5-15/h4-7,10-11H,8-9,12H2,1-3H3,(H,23,27). The van der Waals surface area contributed by atoms with Crippen LogP contribution >= 0.6 is 23.4 Å². The summed E-state index contributed by atoms with van der Waals surface area (Å²) in [6.07, 6.45) is 3.41. The van der Waals surface area contributed by atoms with Gasteiger partial charge in [0.05, 0.1) is 29.6 Å². The molecule has 0 aliphatic carbocycles. The molecule has 29 heavy (non-hydrogen) atoms. The van der Waals surface area contributed by atoms with Crippen LogP contribution in [0.15, 0.2) is 41.8 Å². The zero-order valence-corrected chi connectivity index (χ0v) is 18.0. The van der Waals surface area contributed by atoms with E-state index in [1.54, 1.807) is 19.5 Å². The maximum Gasteiger partial charge on any atom is 0.234 e. The number of pyridine rings is 1. The maximum absolute atomic E-state index is 12.5. The molecule has 152 valence electrons. The van der Waals surface area contributed by atoms with Crippen molar-refractivity contribution in [1.29, 1.82) is 0 Å². The summed E-state index contributed by atoms with van der Waals surface area (Å²) >= 11 is 7.60. The molecule has 1 amide bonds. The summed E-state index contributed by atoms with van der Waals surface area (Å²) < 4.78 is 7.15. The molecule has 1 N–H and O–H groups in total. The Labute approximate surface area is 178 Å². The largest absolute Gasteiger partial charge is 0.383 e. The highest BCUT2D eigenvalue weighted by molar-refractivity contribution is 7.99. The van der Waals surface area contributed by atoms with Crippen molar-refractivity contribution >= 4 is 35.0 Å². The molecule has 0 aliphatic rings. The van der Waals surface area contributed by atoms with Crippen LogP contribution in [0.3, 0.4) is 0 Å². The van der Waals surface area contributed by atoms with Gasteiger partial charge in [-0.25, -0.2) is 0 Å². The number of benzene rings is 1. The van der Waals surface area contributed by atoms with Crippen molar-refractivity contribution in [2.24, 2.45) is 0 Å². The molecule has 0 unspecified atom stereocenters. The zero-order valence-electron chi connectivity index (χ0n) is 16.5. The summed E-state index contributed by atoms with van der Waals surface area (Å²) in [4.78, 5) is 16.5. The number of anilines is 1. The second kappa shape index (κ2) is 9.87. The van der Waals surface area contributed by atoms with Crippen LogP contribution in [-0.4, -0.2) is 45.1 Å². The van der Waals surface area contributed by atoms with Crippen LogP contribution in [0, 0.1) is 13.8 Å². The van der Waals surface area contributed by atoms with Gasteiger partial charge in [-0.3, -0.25) is 14.3 Å². The fourth-order valence-corrected chi connectivity index (χ4v) is 4.01. The second-order valence-electron chi connectivity index (χ2n) is 6.46. The lowest BCUT2D eigenvalue weighted by molar-refractivity contribution is -0.113. The molecule has 9 heteroatoms. The summed E-state index contributed by atoms with van der Waals surface area (Å²) in [5.41, 5.74) is 3.52. The van der Waals surface area contributed by atoms with E-state index < -0.39 is 0 Å². The molecule has 0 radical (unpaired) electrons. The Balaban J connectivity index is 1.73. The molecule has 0 fully saturated rings. The molecular formula is C20H22ClN5O2S. The van der Waals surface area contributed by atoms with Gasteiger partial charge < -0.3 is 10.1 Å². The third kappa shape index (κ3) is 5.35. The van der Waals surface area contributed by atoms with Crippen LogP contribution in [0.2, 0.25) is 5.02 Å². The Morgan fingerprint density at radius 1 is 1.24 bits per heavy atom. The van der Waals surface area contributed by atoms with Gasteiger partial charge in [0, 0.05) is 25.1 Å². The Kier molecular flexibility index (Phi) is 7.24. The average Bonchev–Trinajstić information content (AvgIpc) is 3.11. The number of aromatic nitrogens is 4. The molecular weight excluding hydrogens is 410 g/mol. The molecule has 0 bridgehead atoms. The number of ether oxygens (including phenoxy) is 1. The van der Waals surface area contributed by atoms with Crippen molar-refractivity contribution < 1.29 is 9.53 Å². The number of halogens is 1. The van der Waals surface area contributed by atoms with E-state index in [1.165, 1.54) is 11.8 Å². The number of nitrogens with one attached hydrogen (secondary N) is 1. The van der Waals surface area contributed by atoms with Gasteiger partial charge in [0.25, 0.3) is 0 Å². The Hall–Kier alpha value is -2.42. The van der Waals surface area contributed by atoms with E-state index in [0.717, 1.165) is 16.7 Å². The van der Waals surface area contributed by atoms with Gasteiger partial charge in [-0.2, -0.15) is 0 Å². The summed E-state index contributed by atoms with van der Waals surface area (Å²) in [6.45, 7) is 4.97. The second-order valence-corrected chi connectivity index (χ2v) is 7.81. The first-order chi connectivity index (χ1) is 14.0. The predicted molar refractivity (Wildman–Crippen MR) is 115 cm³/mol. The predicted octanol–water partition coefficient (Wildman–Crippen LogP) is 3.99. The number of rotatable bonds is 8. The van der Waals surface area contributed by atoms with Crippen LogP contribution in [-0.2, 0) is 16.1 Å². The lowest BCUT2D eigenvalue weighted by atomic mass is 10.1. The van der Waals surface area contributed by atoms with Crippen molar-refractivity contribution in [3.63, 3.8) is 0 Å². The highest BCUT2D eigenvalue weighted by atomic mass is 35.5. The molecule has 0 saturated heterocycles. The van der Waals surface area contributed by atoms with Gasteiger partial charge in [-0.05, 0) is 43.2 Å². The number of amides is 1. The van der Waals surface area contributed by atoms with Gasteiger partial charge in [-0.15, -0.1) is 10.2 Å². The molecule has 3 rings (SSSR count). The highest BCUT2D eigenvalue weighted by Crippen LogP contribution is 2.28. The van der Waals surface area contributed by atoms with Crippen LogP contribution < -0.4 is 5.32 Å². The van der Waals surface area contributed by atoms with E-state index in [4.69, 9.17) is 16.3 Å². The van der Waals surface area contributed by atoms with Crippen LogP contribution in [0.1, 0.15) is 11.1 Å². The number of hydrogen-bond donors (Lipinski definition) is 1. The number of hydrogen-bond acceptors (Lipinski definition) is 6. The molecule has 0 saturated carbocycles. The minimum absolute atomic E-state index is 0.157. The van der Waals surface area contributed by atoms with E-state index in [1.807, 2.05) is 42.7 Å². The lowest BCUT2D eigenvalue weighted by Gasteiger charge is -2.12. The lowest BCUT2D eigenvalue weighted by Crippen LogP contribution is -2.16. The summed E-state index contributed by atoms with van der Waals surface area (Å²) in [5.74, 6) is 0.742. The third-order valence-electron chi connectivity index (χ3n) is 4.20. The fourth-order valence-electron chi connectivity index (χ4n) is 2.87. The number of carbonyl (C=O) groups excluding carboxylic acids is 1. The van der Waals surface area contributed by atoms with Crippen molar-refractivity contribution in [1.82, 2.24) is 19.7 Å². The molecule has 2 aromatic heterocycles. The van der Waals surface area contributed by atoms with E-state index in [0.29, 0.717) is 34.8 Å². The van der Waals surface area contributed by atoms with Gasteiger partial charge in [0.2, 0.25) is 5.91 Å². The van der Waals surface area contributed by atoms with Crippen molar-refractivity contribution in [2.75, 3.05) is 24.8 Å². The number of carbonyl (C=O) groups is 1. The number of nitrogens with zero attached hydrogens (tertiary/aromatic N) is 4. The van der Waals surface area contributed by atoms with Crippen LogP contribution in [0.4, 0.5) is 5.69 Å². The van der Waals surface area contributed by atoms with Crippen molar-refractivity contribution in [2.45, 2.75) is 25.5 Å². The molecule has 1 aromatic carbocycles. The minimum atomic E-state index is -0.157. The molecule has 0 atom stereocenters. The normalized spacial score (nSPS) is 10.9. The van der Waals surface area contributed by atoms with Gasteiger partial charge in [0.1, 0.15) is 0 Å². The monoisotopic (exact) mass is 431 g/mol. The minimum Gasteiger partial charge on any atom is -0.383 e. The highest BCUT2D eigenvalue weighted by Gasteiger charge is 2.16. The SMILES string of the molecule is COCCn1c(SCC(=O)Nc2c(C)cc(C)cc2Cl)nnc1-c1ccncc1. The summed E-state index contributed by atoms with van der Waals surface area (Å²) in [5, 5.41) is 12.6. The molecule has 3 aromatic rings. The molecule has 0 spiro atoms. The summed E-state index contributed by atoms with van der Waals surface area (Å²) in [6, 6.07) is 7.56. The maximum atomic E-state index is 12.5. The first kappa shape index (κ1) is 21.3. The van der Waals surface area contributed by atoms with Crippen LogP contribution in [0.5, 0.6) is 0 Å². The van der Waals surface area contributed by atoms with E-state index in [2.05, 4.69) is 20.5 Å². The average molecular weight is 432 g/mol. The van der Waals surface area contributed by atoms with E-state index >= 15 is 0 Å². The first-order valence-corrected chi connectivity index (χ1v) is 10.4. The Morgan fingerprint density at radius 2 is 2.00 bits per heavy atom. The Bertz CT molecular complexity index is 971. The summed E-state index contributed by atoms with van der Waals surface area (Å²) in [7, 11) is 1.64. The number of aryl methyl sites for hydroxylation is 2. The number of methoxy groups -OCH3 is 1. The van der Waals surface area contributed by atoms with Gasteiger partial charge in [0.15, 0.2) is 11.0 Å².